The highest BCUT2D eigenvalue weighted by Gasteiger charge is 2.16. The van der Waals surface area contributed by atoms with Gasteiger partial charge in [-0.25, -0.2) is 0 Å². The van der Waals surface area contributed by atoms with E-state index >= 15 is 0 Å². The van der Waals surface area contributed by atoms with Crippen LogP contribution in [0.15, 0.2) is 18.5 Å². The van der Waals surface area contributed by atoms with Gasteiger partial charge in [-0.05, 0) is 31.9 Å². The van der Waals surface area contributed by atoms with Gasteiger partial charge in [0.1, 0.15) is 5.69 Å². The van der Waals surface area contributed by atoms with Crippen LogP contribution in [0.2, 0.25) is 0 Å². The summed E-state index contributed by atoms with van der Waals surface area (Å²) >= 11 is 0. The maximum atomic E-state index is 12.2. The summed E-state index contributed by atoms with van der Waals surface area (Å²) in [5, 5.41) is 14.0. The van der Waals surface area contributed by atoms with Crippen molar-refractivity contribution in [3.05, 3.63) is 35.4 Å². The Kier molecular flexibility index (Phi) is 5.32. The lowest BCUT2D eigenvalue weighted by Gasteiger charge is -2.12. The number of H-pyrrole nitrogens is 1. The number of nitrogens with zero attached hydrogens (tertiary/aromatic N) is 3. The maximum absolute atomic E-state index is 12.2. The second-order valence-electron chi connectivity index (χ2n) is 5.39. The van der Waals surface area contributed by atoms with Crippen molar-refractivity contribution in [2.24, 2.45) is 0 Å². The number of hydrogen-bond donors (Lipinski definition) is 2. The number of amides is 1. The van der Waals surface area contributed by atoms with Crippen LogP contribution in [0.1, 0.15) is 48.6 Å². The topological polar surface area (TPSA) is 84.8 Å². The van der Waals surface area contributed by atoms with E-state index in [-0.39, 0.29) is 18.1 Å². The number of rotatable bonds is 7. The first-order valence-corrected chi connectivity index (χ1v) is 7.43. The van der Waals surface area contributed by atoms with Crippen molar-refractivity contribution >= 4 is 5.91 Å². The first-order valence-electron chi connectivity index (χ1n) is 7.43. The molecule has 0 aliphatic rings. The standard InChI is InChI=1S/C15H23N5O2/c1-5-12-7-16-20(9-12)8-10(2)17-15(21)14-6-13(18-19-14)11(3)22-4/h6-7,9-11H,5,8H2,1-4H3,(H,17,21)(H,18,19). The Bertz CT molecular complexity index is 619. The number of hydrogen-bond acceptors (Lipinski definition) is 4. The summed E-state index contributed by atoms with van der Waals surface area (Å²) in [6.07, 6.45) is 4.67. The highest BCUT2D eigenvalue weighted by Crippen LogP contribution is 2.13. The lowest BCUT2D eigenvalue weighted by Crippen LogP contribution is -2.36. The minimum Gasteiger partial charge on any atom is -0.375 e. The Morgan fingerprint density at radius 3 is 2.91 bits per heavy atom. The SMILES string of the molecule is CCc1cnn(CC(C)NC(=O)c2cc(C(C)OC)[nH]n2)c1. The molecule has 0 aliphatic carbocycles. The monoisotopic (exact) mass is 305 g/mol. The zero-order chi connectivity index (χ0) is 16.1. The lowest BCUT2D eigenvalue weighted by atomic mass is 10.2. The third-order valence-corrected chi connectivity index (χ3v) is 3.56. The molecule has 7 heteroatoms. The van der Waals surface area contributed by atoms with Crippen molar-refractivity contribution in [3.8, 4) is 0 Å². The third-order valence-electron chi connectivity index (χ3n) is 3.56. The van der Waals surface area contributed by atoms with E-state index in [4.69, 9.17) is 4.74 Å². The summed E-state index contributed by atoms with van der Waals surface area (Å²) in [7, 11) is 1.61. The molecule has 22 heavy (non-hydrogen) atoms. The molecule has 7 nitrogen and oxygen atoms in total. The summed E-state index contributed by atoms with van der Waals surface area (Å²) in [6.45, 7) is 6.54. The molecule has 0 radical (unpaired) electrons. The van der Waals surface area contributed by atoms with Gasteiger partial charge in [-0.2, -0.15) is 10.2 Å². The average molecular weight is 305 g/mol. The fraction of sp³-hybridized carbons (Fsp3) is 0.533. The van der Waals surface area contributed by atoms with Crippen LogP contribution in [0.5, 0.6) is 0 Å². The minimum absolute atomic E-state index is 0.0443. The maximum Gasteiger partial charge on any atom is 0.272 e. The first-order chi connectivity index (χ1) is 10.5. The molecule has 2 aromatic heterocycles. The van der Waals surface area contributed by atoms with Crippen LogP contribution in [0, 0.1) is 0 Å². The molecule has 2 unspecified atom stereocenters. The number of aromatic amines is 1. The molecule has 0 bridgehead atoms. The van der Waals surface area contributed by atoms with Gasteiger partial charge in [-0.1, -0.05) is 6.92 Å². The van der Waals surface area contributed by atoms with Crippen molar-refractivity contribution in [3.63, 3.8) is 0 Å². The number of carbonyl (C=O) groups is 1. The van der Waals surface area contributed by atoms with Gasteiger partial charge in [-0.15, -0.1) is 0 Å². The summed E-state index contributed by atoms with van der Waals surface area (Å²) in [5.74, 6) is -0.207. The normalized spacial score (nSPS) is 13.8. The van der Waals surface area contributed by atoms with Crippen LogP contribution in [0.25, 0.3) is 0 Å². The van der Waals surface area contributed by atoms with Crippen LogP contribution in [0.4, 0.5) is 0 Å². The summed E-state index contributed by atoms with van der Waals surface area (Å²) in [5.41, 5.74) is 2.32. The van der Waals surface area contributed by atoms with Gasteiger partial charge in [-0.3, -0.25) is 14.6 Å². The molecule has 0 aliphatic heterocycles. The molecule has 0 spiro atoms. The van der Waals surface area contributed by atoms with Crippen LogP contribution in [0.3, 0.4) is 0 Å². The fourth-order valence-corrected chi connectivity index (χ4v) is 2.10. The van der Waals surface area contributed by atoms with Gasteiger partial charge in [0.25, 0.3) is 5.91 Å². The van der Waals surface area contributed by atoms with E-state index in [1.54, 1.807) is 13.2 Å². The molecule has 0 aromatic carbocycles. The van der Waals surface area contributed by atoms with Crippen LogP contribution in [-0.4, -0.2) is 39.0 Å². The predicted octanol–water partition coefficient (Wildman–Crippen LogP) is 1.69. The molecular formula is C15H23N5O2. The van der Waals surface area contributed by atoms with Gasteiger partial charge >= 0.3 is 0 Å². The van der Waals surface area contributed by atoms with Crippen molar-refractivity contribution in [2.45, 2.75) is 45.9 Å². The molecule has 0 fully saturated rings. The highest BCUT2D eigenvalue weighted by molar-refractivity contribution is 5.92. The second kappa shape index (κ2) is 7.22. The molecule has 1 amide bonds. The second-order valence-corrected chi connectivity index (χ2v) is 5.39. The Morgan fingerprint density at radius 2 is 2.27 bits per heavy atom. The largest absolute Gasteiger partial charge is 0.375 e. The number of nitrogens with one attached hydrogen (secondary N) is 2. The first kappa shape index (κ1) is 16.2. The van der Waals surface area contributed by atoms with Gasteiger partial charge in [0.05, 0.1) is 24.5 Å². The van der Waals surface area contributed by atoms with Crippen molar-refractivity contribution in [1.29, 1.82) is 0 Å². The summed E-state index contributed by atoms with van der Waals surface area (Å²) in [6, 6.07) is 1.66. The van der Waals surface area contributed by atoms with Crippen LogP contribution >= 0.6 is 0 Å². The van der Waals surface area contributed by atoms with Gasteiger partial charge in [0, 0.05) is 19.3 Å². The number of methoxy groups -OCH3 is 1. The Balaban J connectivity index is 1.91. The lowest BCUT2D eigenvalue weighted by molar-refractivity contribution is 0.0931. The summed E-state index contributed by atoms with van der Waals surface area (Å²) < 4.78 is 7.03. The zero-order valence-corrected chi connectivity index (χ0v) is 13.5. The minimum atomic E-state index is -0.207. The van der Waals surface area contributed by atoms with E-state index in [2.05, 4.69) is 27.5 Å². The van der Waals surface area contributed by atoms with E-state index < -0.39 is 0 Å². The fourth-order valence-electron chi connectivity index (χ4n) is 2.10. The molecular weight excluding hydrogens is 282 g/mol. The van der Waals surface area contributed by atoms with E-state index in [9.17, 15) is 4.79 Å². The van der Waals surface area contributed by atoms with Crippen molar-refractivity contribution in [2.75, 3.05) is 7.11 Å². The smallest absolute Gasteiger partial charge is 0.272 e. The Morgan fingerprint density at radius 1 is 1.50 bits per heavy atom. The van der Waals surface area contributed by atoms with Gasteiger partial charge in [0.15, 0.2) is 0 Å². The molecule has 0 saturated carbocycles. The molecule has 2 atom stereocenters. The molecule has 120 valence electrons. The van der Waals surface area contributed by atoms with E-state index in [1.165, 1.54) is 5.56 Å². The van der Waals surface area contributed by atoms with Crippen LogP contribution < -0.4 is 5.32 Å². The molecule has 2 N–H and O–H groups in total. The van der Waals surface area contributed by atoms with E-state index in [1.807, 2.05) is 30.9 Å². The van der Waals surface area contributed by atoms with E-state index in [0.717, 1.165) is 12.1 Å². The Labute approximate surface area is 130 Å². The Hall–Kier alpha value is -2.15. The van der Waals surface area contributed by atoms with Gasteiger partial charge in [0.2, 0.25) is 0 Å². The van der Waals surface area contributed by atoms with Crippen LogP contribution in [-0.2, 0) is 17.7 Å². The zero-order valence-electron chi connectivity index (χ0n) is 13.5. The molecule has 0 saturated heterocycles. The summed E-state index contributed by atoms with van der Waals surface area (Å²) in [4.78, 5) is 12.2. The quantitative estimate of drug-likeness (QED) is 0.815. The average Bonchev–Trinajstić information content (AvgIpc) is 3.15. The van der Waals surface area contributed by atoms with Crippen molar-refractivity contribution < 1.29 is 9.53 Å². The number of ether oxygens (including phenoxy) is 1. The predicted molar refractivity (Wildman–Crippen MR) is 82.5 cm³/mol. The molecule has 2 aromatic rings. The number of carbonyl (C=O) groups excluding carboxylic acids is 1. The molecule has 2 heterocycles. The van der Waals surface area contributed by atoms with Gasteiger partial charge < -0.3 is 10.1 Å². The van der Waals surface area contributed by atoms with Crippen molar-refractivity contribution in [1.82, 2.24) is 25.3 Å². The third kappa shape index (κ3) is 3.94. The number of aryl methyl sites for hydroxylation is 1. The van der Waals surface area contributed by atoms with E-state index in [0.29, 0.717) is 12.2 Å². The molecule has 2 rings (SSSR count). The highest BCUT2D eigenvalue weighted by atomic mass is 16.5. The number of aromatic nitrogens is 4.